The van der Waals surface area contributed by atoms with Gasteiger partial charge in [0.05, 0.1) is 0 Å². The maximum Gasteiger partial charge on any atom is 0.168 e. The number of phenols is 2. The van der Waals surface area contributed by atoms with Gasteiger partial charge in [0.2, 0.25) is 0 Å². The molecule has 0 bridgehead atoms. The van der Waals surface area contributed by atoms with Gasteiger partial charge < -0.3 is 10.2 Å². The molecule has 0 amide bonds. The summed E-state index contributed by atoms with van der Waals surface area (Å²) in [6.07, 6.45) is 0.251. The van der Waals surface area contributed by atoms with Gasteiger partial charge in [0, 0.05) is 28.7 Å². The van der Waals surface area contributed by atoms with Gasteiger partial charge in [0.25, 0.3) is 0 Å². The zero-order valence-corrected chi connectivity index (χ0v) is 15.6. The van der Waals surface area contributed by atoms with E-state index in [1.807, 2.05) is 42.5 Å². The first-order valence-electron chi connectivity index (χ1n) is 9.50. The minimum absolute atomic E-state index is 0.0491. The van der Waals surface area contributed by atoms with Crippen LogP contribution < -0.4 is 0 Å². The van der Waals surface area contributed by atoms with Crippen molar-refractivity contribution in [3.63, 3.8) is 0 Å². The molecule has 0 radical (unpaired) electrons. The lowest BCUT2D eigenvalue weighted by atomic mass is 9.78. The average molecular weight is 378 g/mol. The Hall–Kier alpha value is -3.85. The van der Waals surface area contributed by atoms with Crippen molar-refractivity contribution in [1.82, 2.24) is 0 Å². The Bertz CT molecular complexity index is 1310. The number of hydrogen-bond acceptors (Lipinski definition) is 3. The third-order valence-electron chi connectivity index (χ3n) is 5.47. The van der Waals surface area contributed by atoms with Gasteiger partial charge in [-0.1, -0.05) is 66.7 Å². The molecule has 29 heavy (non-hydrogen) atoms. The minimum Gasteiger partial charge on any atom is -0.507 e. The van der Waals surface area contributed by atoms with E-state index in [0.29, 0.717) is 22.3 Å². The molecule has 0 unspecified atom stereocenters. The zero-order valence-electron chi connectivity index (χ0n) is 15.6. The van der Waals surface area contributed by atoms with E-state index in [1.54, 1.807) is 36.4 Å². The second-order valence-electron chi connectivity index (χ2n) is 7.24. The number of fused-ring (bicyclic) bond motifs is 2. The quantitative estimate of drug-likeness (QED) is 0.495. The van der Waals surface area contributed by atoms with Crippen molar-refractivity contribution in [3.05, 3.63) is 107 Å². The highest BCUT2D eigenvalue weighted by Gasteiger charge is 2.30. The lowest BCUT2D eigenvalue weighted by Gasteiger charge is -2.25. The second kappa shape index (κ2) is 6.64. The smallest absolute Gasteiger partial charge is 0.168 e. The average Bonchev–Trinajstić information content (AvgIpc) is 2.73. The highest BCUT2D eigenvalue weighted by atomic mass is 16.3. The predicted octanol–water partition coefficient (Wildman–Crippen LogP) is 5.34. The Morgan fingerprint density at radius 3 is 1.72 bits per heavy atom. The molecule has 0 saturated heterocycles. The van der Waals surface area contributed by atoms with Crippen LogP contribution in [0.4, 0.5) is 0 Å². The fourth-order valence-electron chi connectivity index (χ4n) is 4.14. The molecule has 0 spiro atoms. The van der Waals surface area contributed by atoms with Gasteiger partial charge >= 0.3 is 0 Å². The molecule has 4 aromatic rings. The van der Waals surface area contributed by atoms with E-state index in [-0.39, 0.29) is 23.7 Å². The van der Waals surface area contributed by atoms with Crippen LogP contribution in [-0.4, -0.2) is 16.0 Å². The van der Waals surface area contributed by atoms with E-state index >= 15 is 0 Å². The van der Waals surface area contributed by atoms with Gasteiger partial charge in [0.15, 0.2) is 5.78 Å². The van der Waals surface area contributed by atoms with Crippen molar-refractivity contribution in [2.24, 2.45) is 0 Å². The van der Waals surface area contributed by atoms with E-state index in [0.717, 1.165) is 21.9 Å². The molecular formula is C26H18O3. The molecule has 3 heteroatoms. The SMILES string of the molecule is O=C1Cc2cc3ccccc3cc2C(c2ccccc2O)=C1c1ccccc1O. The van der Waals surface area contributed by atoms with E-state index in [1.165, 1.54) is 0 Å². The number of hydrogen-bond donors (Lipinski definition) is 2. The molecule has 4 aromatic carbocycles. The zero-order chi connectivity index (χ0) is 20.0. The first-order valence-corrected chi connectivity index (χ1v) is 9.50. The normalized spacial score (nSPS) is 13.6. The maximum atomic E-state index is 13.3. The molecule has 0 fully saturated rings. The molecule has 1 aliphatic carbocycles. The van der Waals surface area contributed by atoms with Crippen LogP contribution in [-0.2, 0) is 11.2 Å². The van der Waals surface area contributed by atoms with E-state index in [4.69, 9.17) is 0 Å². The fourth-order valence-corrected chi connectivity index (χ4v) is 4.14. The molecule has 5 rings (SSSR count). The first kappa shape index (κ1) is 17.3. The summed E-state index contributed by atoms with van der Waals surface area (Å²) >= 11 is 0. The number of ketones is 1. The van der Waals surface area contributed by atoms with Crippen LogP contribution in [0.2, 0.25) is 0 Å². The lowest BCUT2D eigenvalue weighted by Crippen LogP contribution is -2.16. The van der Waals surface area contributed by atoms with Gasteiger partial charge in [-0.15, -0.1) is 0 Å². The third kappa shape index (κ3) is 2.79. The second-order valence-corrected chi connectivity index (χ2v) is 7.24. The molecule has 0 aromatic heterocycles. The summed E-state index contributed by atoms with van der Waals surface area (Å²) in [5.41, 5.74) is 3.98. The third-order valence-corrected chi connectivity index (χ3v) is 5.47. The summed E-state index contributed by atoms with van der Waals surface area (Å²) in [5.74, 6) is 0.0739. The van der Waals surface area contributed by atoms with Crippen LogP contribution in [0.3, 0.4) is 0 Å². The largest absolute Gasteiger partial charge is 0.507 e. The summed E-state index contributed by atoms with van der Waals surface area (Å²) in [6.45, 7) is 0. The minimum atomic E-state index is -0.0764. The van der Waals surface area contributed by atoms with E-state index in [9.17, 15) is 15.0 Å². The van der Waals surface area contributed by atoms with Crippen LogP contribution in [0.5, 0.6) is 11.5 Å². The molecule has 0 aliphatic heterocycles. The van der Waals surface area contributed by atoms with Crippen molar-refractivity contribution >= 4 is 27.7 Å². The van der Waals surface area contributed by atoms with Crippen molar-refractivity contribution in [1.29, 1.82) is 0 Å². The lowest BCUT2D eigenvalue weighted by molar-refractivity contribution is -0.113. The molecule has 1 aliphatic rings. The summed E-state index contributed by atoms with van der Waals surface area (Å²) in [5, 5.41) is 23.2. The molecule has 0 atom stereocenters. The van der Waals surface area contributed by atoms with Crippen LogP contribution in [0.15, 0.2) is 84.9 Å². The van der Waals surface area contributed by atoms with Crippen molar-refractivity contribution < 1.29 is 15.0 Å². The molecule has 2 N–H and O–H groups in total. The Morgan fingerprint density at radius 2 is 1.10 bits per heavy atom. The Labute approximate surface area is 168 Å². The Balaban J connectivity index is 1.92. The molecule has 140 valence electrons. The summed E-state index contributed by atoms with van der Waals surface area (Å²) < 4.78 is 0. The summed E-state index contributed by atoms with van der Waals surface area (Å²) in [4.78, 5) is 13.3. The number of phenolic OH excluding ortho intramolecular Hbond substituents is 2. The molecule has 0 saturated carbocycles. The van der Waals surface area contributed by atoms with E-state index in [2.05, 4.69) is 6.07 Å². The number of benzene rings is 4. The standard InChI is InChI=1S/C26H18O3/c27-22-11-5-3-9-19(22)25-21-14-17-8-2-1-7-16(17)13-18(21)15-24(29)26(25)20-10-4-6-12-23(20)28/h1-14,27-28H,15H2. The van der Waals surface area contributed by atoms with Crippen molar-refractivity contribution in [2.75, 3.05) is 0 Å². The maximum absolute atomic E-state index is 13.3. The van der Waals surface area contributed by atoms with Gasteiger partial charge in [-0.2, -0.15) is 0 Å². The number of aromatic hydroxyl groups is 2. The predicted molar refractivity (Wildman–Crippen MR) is 115 cm³/mol. The van der Waals surface area contributed by atoms with Crippen LogP contribution in [0.25, 0.3) is 21.9 Å². The summed E-state index contributed by atoms with van der Waals surface area (Å²) in [6, 6.07) is 26.0. The topological polar surface area (TPSA) is 57.5 Å². The Kier molecular flexibility index (Phi) is 3.95. The first-order chi connectivity index (χ1) is 14.1. The summed E-state index contributed by atoms with van der Waals surface area (Å²) in [7, 11) is 0. The number of rotatable bonds is 2. The highest BCUT2D eigenvalue weighted by Crippen LogP contribution is 2.44. The van der Waals surface area contributed by atoms with Gasteiger partial charge in [-0.25, -0.2) is 0 Å². The molecule has 3 nitrogen and oxygen atoms in total. The van der Waals surface area contributed by atoms with Gasteiger partial charge in [-0.05, 0) is 40.1 Å². The van der Waals surface area contributed by atoms with Crippen LogP contribution in [0.1, 0.15) is 22.3 Å². The molecule has 0 heterocycles. The molecular weight excluding hydrogens is 360 g/mol. The number of carbonyl (C=O) groups is 1. The van der Waals surface area contributed by atoms with E-state index < -0.39 is 0 Å². The monoisotopic (exact) mass is 378 g/mol. The highest BCUT2D eigenvalue weighted by molar-refractivity contribution is 6.33. The number of para-hydroxylation sites is 2. The number of allylic oxidation sites excluding steroid dienone is 1. The fraction of sp³-hybridized carbons (Fsp3) is 0.0385. The number of carbonyl (C=O) groups excluding carboxylic acids is 1. The van der Waals surface area contributed by atoms with Gasteiger partial charge in [0.1, 0.15) is 11.5 Å². The Morgan fingerprint density at radius 1 is 0.586 bits per heavy atom. The van der Waals surface area contributed by atoms with Gasteiger partial charge in [-0.3, -0.25) is 4.79 Å². The van der Waals surface area contributed by atoms with Crippen LogP contribution in [0, 0.1) is 0 Å². The van der Waals surface area contributed by atoms with Crippen molar-refractivity contribution in [2.45, 2.75) is 6.42 Å². The van der Waals surface area contributed by atoms with Crippen molar-refractivity contribution in [3.8, 4) is 11.5 Å². The number of Topliss-reactive ketones (excluding diaryl/α,β-unsaturated/α-hetero) is 1. The van der Waals surface area contributed by atoms with Crippen LogP contribution >= 0.6 is 0 Å².